The second kappa shape index (κ2) is 7.40. The number of carbonyl (C=O) groups excluding carboxylic acids is 2. The topological polar surface area (TPSA) is 119 Å². The van der Waals surface area contributed by atoms with Gasteiger partial charge in [-0.15, -0.1) is 0 Å². The molecule has 8 nitrogen and oxygen atoms in total. The number of hydrogen-bond acceptors (Lipinski definition) is 5. The van der Waals surface area contributed by atoms with Gasteiger partial charge in [-0.25, -0.2) is 4.39 Å². The smallest absolute Gasteiger partial charge is 0.295 e. The van der Waals surface area contributed by atoms with Crippen molar-refractivity contribution < 1.29 is 18.9 Å². The van der Waals surface area contributed by atoms with Gasteiger partial charge in [0.25, 0.3) is 11.6 Å². The molecular formula is C18H17FN4O4. The molecule has 2 aromatic rings. The van der Waals surface area contributed by atoms with Crippen LogP contribution in [-0.4, -0.2) is 23.3 Å². The Hall–Kier alpha value is -3.49. The third kappa shape index (κ3) is 3.86. The molecule has 0 aliphatic carbocycles. The van der Waals surface area contributed by atoms with Gasteiger partial charge in [0.05, 0.1) is 16.6 Å². The van der Waals surface area contributed by atoms with Gasteiger partial charge in [-0.2, -0.15) is 0 Å². The first-order valence-electron chi connectivity index (χ1n) is 8.27. The predicted octanol–water partition coefficient (Wildman–Crippen LogP) is 2.37. The largest absolute Gasteiger partial charge is 0.393 e. The van der Waals surface area contributed by atoms with Crippen LogP contribution in [0.4, 0.5) is 21.5 Å². The van der Waals surface area contributed by atoms with Crippen LogP contribution >= 0.6 is 0 Å². The van der Waals surface area contributed by atoms with E-state index in [0.29, 0.717) is 19.0 Å². The van der Waals surface area contributed by atoms with Gasteiger partial charge in [-0.1, -0.05) is 12.1 Å². The van der Waals surface area contributed by atoms with Crippen LogP contribution in [0.1, 0.15) is 28.8 Å². The number of nitrogen functional groups attached to an aromatic ring is 1. The lowest BCUT2D eigenvalue weighted by Crippen LogP contribution is -2.25. The first kappa shape index (κ1) is 18.3. The Kier molecular flexibility index (Phi) is 5.02. The highest BCUT2D eigenvalue weighted by Gasteiger charge is 2.22. The minimum absolute atomic E-state index is 0.0826. The van der Waals surface area contributed by atoms with Crippen molar-refractivity contribution >= 4 is 28.9 Å². The molecule has 0 bridgehead atoms. The Morgan fingerprint density at radius 2 is 2.00 bits per heavy atom. The van der Waals surface area contributed by atoms with E-state index in [2.05, 4.69) is 5.32 Å². The van der Waals surface area contributed by atoms with Crippen molar-refractivity contribution in [3.63, 3.8) is 0 Å². The molecule has 1 fully saturated rings. The maximum absolute atomic E-state index is 13.5. The summed E-state index contributed by atoms with van der Waals surface area (Å²) in [4.78, 5) is 35.8. The molecule has 1 aliphatic rings. The van der Waals surface area contributed by atoms with Crippen molar-refractivity contribution in [2.24, 2.45) is 0 Å². The Labute approximate surface area is 153 Å². The van der Waals surface area contributed by atoms with E-state index in [1.165, 1.54) is 0 Å². The first-order valence-corrected chi connectivity index (χ1v) is 8.27. The lowest BCUT2D eigenvalue weighted by molar-refractivity contribution is -0.384. The zero-order chi connectivity index (χ0) is 19.6. The van der Waals surface area contributed by atoms with Crippen molar-refractivity contribution in [2.75, 3.05) is 17.2 Å². The minimum Gasteiger partial charge on any atom is -0.393 e. The van der Waals surface area contributed by atoms with Crippen LogP contribution in [-0.2, 0) is 11.3 Å². The number of nitro groups is 1. The zero-order valence-electron chi connectivity index (χ0n) is 14.3. The molecule has 0 spiro atoms. The van der Waals surface area contributed by atoms with Crippen molar-refractivity contribution in [1.82, 2.24) is 5.32 Å². The van der Waals surface area contributed by atoms with Crippen LogP contribution in [0.5, 0.6) is 0 Å². The molecule has 3 N–H and O–H groups in total. The van der Waals surface area contributed by atoms with Crippen LogP contribution in [0, 0.1) is 15.9 Å². The zero-order valence-corrected chi connectivity index (χ0v) is 14.3. The fourth-order valence-corrected chi connectivity index (χ4v) is 2.94. The molecule has 27 heavy (non-hydrogen) atoms. The number of halogens is 1. The second-order valence-electron chi connectivity index (χ2n) is 6.14. The van der Waals surface area contributed by atoms with Crippen molar-refractivity contribution in [2.45, 2.75) is 19.4 Å². The Bertz CT molecular complexity index is 914. The monoisotopic (exact) mass is 372 g/mol. The van der Waals surface area contributed by atoms with Crippen LogP contribution in [0.15, 0.2) is 36.4 Å². The normalized spacial score (nSPS) is 13.7. The molecule has 2 aromatic carbocycles. The molecule has 0 saturated carbocycles. The summed E-state index contributed by atoms with van der Waals surface area (Å²) in [6.45, 7) is 0.809. The molecule has 1 heterocycles. The number of anilines is 2. The summed E-state index contributed by atoms with van der Waals surface area (Å²) in [5.41, 5.74) is 5.83. The van der Waals surface area contributed by atoms with Gasteiger partial charge >= 0.3 is 0 Å². The van der Waals surface area contributed by atoms with Gasteiger partial charge in [0.2, 0.25) is 5.91 Å². The molecule has 3 rings (SSSR count). The highest BCUT2D eigenvalue weighted by Crippen LogP contribution is 2.27. The van der Waals surface area contributed by atoms with E-state index in [1.54, 1.807) is 29.2 Å². The van der Waals surface area contributed by atoms with Crippen LogP contribution in [0.3, 0.4) is 0 Å². The quantitative estimate of drug-likeness (QED) is 0.474. The molecule has 1 saturated heterocycles. The van der Waals surface area contributed by atoms with Gasteiger partial charge in [-0.05, 0) is 30.2 Å². The van der Waals surface area contributed by atoms with Gasteiger partial charge in [0, 0.05) is 25.2 Å². The summed E-state index contributed by atoms with van der Waals surface area (Å²) in [7, 11) is 0. The number of benzene rings is 2. The lowest BCUT2D eigenvalue weighted by atomic mass is 10.1. The van der Waals surface area contributed by atoms with E-state index in [-0.39, 0.29) is 23.7 Å². The number of nitrogens with one attached hydrogen (secondary N) is 1. The molecule has 0 atom stereocenters. The van der Waals surface area contributed by atoms with E-state index in [9.17, 15) is 24.1 Å². The number of nitro benzene ring substituents is 1. The van der Waals surface area contributed by atoms with Crippen LogP contribution in [0.25, 0.3) is 0 Å². The predicted molar refractivity (Wildman–Crippen MR) is 96.7 cm³/mol. The Morgan fingerprint density at radius 3 is 2.59 bits per heavy atom. The fourth-order valence-electron chi connectivity index (χ4n) is 2.94. The van der Waals surface area contributed by atoms with Crippen molar-refractivity contribution in [1.29, 1.82) is 0 Å². The molecule has 140 valence electrons. The third-order valence-corrected chi connectivity index (χ3v) is 4.34. The summed E-state index contributed by atoms with van der Waals surface area (Å²) in [6, 6.07) is 8.62. The van der Waals surface area contributed by atoms with Crippen LogP contribution < -0.4 is 16.0 Å². The molecule has 1 aliphatic heterocycles. The van der Waals surface area contributed by atoms with E-state index in [4.69, 9.17) is 5.73 Å². The summed E-state index contributed by atoms with van der Waals surface area (Å²) in [6.07, 6.45) is 1.37. The molecule has 2 amide bonds. The average Bonchev–Trinajstić information content (AvgIpc) is 3.07. The van der Waals surface area contributed by atoms with Gasteiger partial charge < -0.3 is 16.0 Å². The standard InChI is InChI=1S/C18H17FN4O4/c19-12-8-14(17(20)15(9-12)23(26)27)18(25)21-10-11-3-5-13(6-4-11)22-7-1-2-16(22)24/h3-6,8-9H,1-2,7,10,20H2,(H,21,25). The Balaban J connectivity index is 1.69. The molecule has 0 radical (unpaired) electrons. The average molecular weight is 372 g/mol. The number of nitrogens with two attached hydrogens (primary N) is 1. The van der Waals surface area contributed by atoms with Gasteiger partial charge in [0.15, 0.2) is 0 Å². The lowest BCUT2D eigenvalue weighted by Gasteiger charge is -2.16. The number of carbonyl (C=O) groups is 2. The van der Waals surface area contributed by atoms with E-state index < -0.39 is 22.3 Å². The van der Waals surface area contributed by atoms with E-state index in [0.717, 1.165) is 23.7 Å². The Morgan fingerprint density at radius 1 is 1.30 bits per heavy atom. The highest BCUT2D eigenvalue weighted by atomic mass is 19.1. The number of hydrogen-bond donors (Lipinski definition) is 2. The number of amides is 2. The summed E-state index contributed by atoms with van der Waals surface area (Å²) >= 11 is 0. The minimum atomic E-state index is -0.916. The summed E-state index contributed by atoms with van der Waals surface area (Å²) in [5.74, 6) is -1.55. The summed E-state index contributed by atoms with van der Waals surface area (Å²) in [5, 5.41) is 13.4. The SMILES string of the molecule is Nc1c(C(=O)NCc2ccc(N3CCCC3=O)cc2)cc(F)cc1[N+](=O)[O-]. The maximum atomic E-state index is 13.5. The van der Waals surface area contributed by atoms with Crippen LogP contribution in [0.2, 0.25) is 0 Å². The number of rotatable bonds is 5. The summed E-state index contributed by atoms with van der Waals surface area (Å²) < 4.78 is 13.5. The molecule has 0 unspecified atom stereocenters. The first-order chi connectivity index (χ1) is 12.9. The number of nitrogens with zero attached hydrogens (tertiary/aromatic N) is 2. The maximum Gasteiger partial charge on any atom is 0.295 e. The third-order valence-electron chi connectivity index (χ3n) is 4.34. The molecule has 0 aromatic heterocycles. The molecule has 9 heteroatoms. The van der Waals surface area contributed by atoms with Gasteiger partial charge in [-0.3, -0.25) is 19.7 Å². The second-order valence-corrected chi connectivity index (χ2v) is 6.14. The fraction of sp³-hybridized carbons (Fsp3) is 0.222. The van der Waals surface area contributed by atoms with Gasteiger partial charge in [0.1, 0.15) is 11.5 Å². The van der Waals surface area contributed by atoms with E-state index in [1.807, 2.05) is 0 Å². The van der Waals surface area contributed by atoms with E-state index >= 15 is 0 Å². The van der Waals surface area contributed by atoms with Crippen molar-refractivity contribution in [3.8, 4) is 0 Å². The van der Waals surface area contributed by atoms with Crippen molar-refractivity contribution in [3.05, 3.63) is 63.5 Å². The molecular weight excluding hydrogens is 355 g/mol. The highest BCUT2D eigenvalue weighted by molar-refractivity contribution is 6.01.